The number of rotatable bonds is 3. The van der Waals surface area contributed by atoms with Gasteiger partial charge >= 0.3 is 0 Å². The van der Waals surface area contributed by atoms with Gasteiger partial charge < -0.3 is 14.9 Å². The Bertz CT molecular complexity index is 521. The Morgan fingerprint density at radius 2 is 1.88 bits per heavy atom. The summed E-state index contributed by atoms with van der Waals surface area (Å²) in [6.07, 6.45) is 0. The number of hydrogen-bond acceptors (Lipinski definition) is 3. The van der Waals surface area contributed by atoms with E-state index >= 15 is 0 Å². The standard InChI is InChI=1S/C14H14O3/c1-10-5-6-11(7-14(10)16)9-17-13-4-2-3-12(15)8-13/h2-8,15-16H,9H2,1H3. The maximum absolute atomic E-state index is 9.55. The predicted molar refractivity (Wildman–Crippen MR) is 65.3 cm³/mol. The van der Waals surface area contributed by atoms with Crippen molar-refractivity contribution in [1.29, 1.82) is 0 Å². The number of phenols is 2. The van der Waals surface area contributed by atoms with Crippen molar-refractivity contribution in [2.75, 3.05) is 0 Å². The molecule has 2 aromatic rings. The first-order valence-electron chi connectivity index (χ1n) is 5.35. The summed E-state index contributed by atoms with van der Waals surface area (Å²) < 4.78 is 5.50. The molecule has 0 aliphatic carbocycles. The zero-order valence-electron chi connectivity index (χ0n) is 9.55. The van der Waals surface area contributed by atoms with Gasteiger partial charge in [-0.1, -0.05) is 18.2 Å². The van der Waals surface area contributed by atoms with E-state index in [2.05, 4.69) is 0 Å². The molecular formula is C14H14O3. The van der Waals surface area contributed by atoms with Gasteiger partial charge in [0.25, 0.3) is 0 Å². The van der Waals surface area contributed by atoms with Gasteiger partial charge in [0.15, 0.2) is 0 Å². The SMILES string of the molecule is Cc1ccc(COc2cccc(O)c2)cc1O. The van der Waals surface area contributed by atoms with Crippen molar-refractivity contribution in [1.82, 2.24) is 0 Å². The minimum absolute atomic E-state index is 0.175. The summed E-state index contributed by atoms with van der Waals surface area (Å²) >= 11 is 0. The largest absolute Gasteiger partial charge is 0.508 e. The summed E-state index contributed by atoms with van der Waals surface area (Å²) in [7, 11) is 0. The van der Waals surface area contributed by atoms with Crippen LogP contribution in [0, 0.1) is 6.92 Å². The maximum Gasteiger partial charge on any atom is 0.123 e. The van der Waals surface area contributed by atoms with Gasteiger partial charge in [0, 0.05) is 6.07 Å². The zero-order chi connectivity index (χ0) is 12.3. The van der Waals surface area contributed by atoms with Gasteiger partial charge in [0.2, 0.25) is 0 Å². The van der Waals surface area contributed by atoms with Gasteiger partial charge in [-0.25, -0.2) is 0 Å². The second kappa shape index (κ2) is 4.78. The molecule has 0 fully saturated rings. The van der Waals surface area contributed by atoms with Crippen LogP contribution in [0.1, 0.15) is 11.1 Å². The molecule has 3 heteroatoms. The fourth-order valence-corrected chi connectivity index (χ4v) is 1.48. The Morgan fingerprint density at radius 1 is 1.06 bits per heavy atom. The van der Waals surface area contributed by atoms with Crippen molar-refractivity contribution < 1.29 is 14.9 Å². The van der Waals surface area contributed by atoms with Crippen LogP contribution in [0.15, 0.2) is 42.5 Å². The van der Waals surface area contributed by atoms with E-state index in [1.54, 1.807) is 30.3 Å². The number of hydrogen-bond donors (Lipinski definition) is 2. The Kier molecular flexibility index (Phi) is 3.19. The Labute approximate surface area is 99.9 Å². The first-order valence-corrected chi connectivity index (χ1v) is 5.35. The second-order valence-electron chi connectivity index (χ2n) is 3.91. The lowest BCUT2D eigenvalue weighted by Crippen LogP contribution is -1.95. The van der Waals surface area contributed by atoms with Crippen LogP contribution >= 0.6 is 0 Å². The number of ether oxygens (including phenoxy) is 1. The Hall–Kier alpha value is -2.16. The monoisotopic (exact) mass is 230 g/mol. The van der Waals surface area contributed by atoms with E-state index in [-0.39, 0.29) is 11.5 Å². The molecule has 3 nitrogen and oxygen atoms in total. The summed E-state index contributed by atoms with van der Waals surface area (Å²) in [6, 6.07) is 12.1. The van der Waals surface area contributed by atoms with E-state index in [9.17, 15) is 10.2 Å². The lowest BCUT2D eigenvalue weighted by atomic mass is 10.1. The minimum atomic E-state index is 0.175. The summed E-state index contributed by atoms with van der Waals surface area (Å²) in [5.74, 6) is 1.04. The van der Waals surface area contributed by atoms with Crippen molar-refractivity contribution in [3.8, 4) is 17.2 Å². The molecule has 0 unspecified atom stereocenters. The summed E-state index contributed by atoms with van der Waals surface area (Å²) in [5.41, 5.74) is 1.72. The molecular weight excluding hydrogens is 216 g/mol. The molecule has 0 atom stereocenters. The second-order valence-corrected chi connectivity index (χ2v) is 3.91. The van der Waals surface area contributed by atoms with Gasteiger partial charge in [-0.05, 0) is 36.2 Å². The maximum atomic E-state index is 9.55. The molecule has 0 amide bonds. The highest BCUT2D eigenvalue weighted by Gasteiger charge is 2.00. The van der Waals surface area contributed by atoms with E-state index < -0.39 is 0 Å². The third-order valence-electron chi connectivity index (χ3n) is 2.50. The lowest BCUT2D eigenvalue weighted by Gasteiger charge is -2.07. The first-order chi connectivity index (χ1) is 8.15. The fraction of sp³-hybridized carbons (Fsp3) is 0.143. The van der Waals surface area contributed by atoms with E-state index in [0.29, 0.717) is 12.4 Å². The zero-order valence-corrected chi connectivity index (χ0v) is 9.55. The van der Waals surface area contributed by atoms with Gasteiger partial charge in [0.05, 0.1) is 0 Å². The molecule has 0 spiro atoms. The van der Waals surface area contributed by atoms with E-state index in [4.69, 9.17) is 4.74 Å². The quantitative estimate of drug-likeness (QED) is 0.852. The van der Waals surface area contributed by atoms with Gasteiger partial charge in [-0.15, -0.1) is 0 Å². The average molecular weight is 230 g/mol. The molecule has 0 bridgehead atoms. The molecule has 2 aromatic carbocycles. The third-order valence-corrected chi connectivity index (χ3v) is 2.50. The van der Waals surface area contributed by atoms with Crippen LogP contribution in [0.2, 0.25) is 0 Å². The van der Waals surface area contributed by atoms with Crippen LogP contribution in [-0.4, -0.2) is 10.2 Å². The highest BCUT2D eigenvalue weighted by atomic mass is 16.5. The molecule has 0 radical (unpaired) electrons. The molecule has 2 rings (SSSR count). The van der Waals surface area contributed by atoms with Gasteiger partial charge in [-0.2, -0.15) is 0 Å². The fourth-order valence-electron chi connectivity index (χ4n) is 1.48. The molecule has 88 valence electrons. The van der Waals surface area contributed by atoms with Crippen molar-refractivity contribution in [2.45, 2.75) is 13.5 Å². The van der Waals surface area contributed by atoms with Crippen molar-refractivity contribution in [3.63, 3.8) is 0 Å². The van der Waals surface area contributed by atoms with Crippen LogP contribution in [0.25, 0.3) is 0 Å². The number of phenolic OH excluding ortho intramolecular Hbond substituents is 2. The van der Waals surface area contributed by atoms with Gasteiger partial charge in [0.1, 0.15) is 23.9 Å². The number of aromatic hydroxyl groups is 2. The van der Waals surface area contributed by atoms with Crippen LogP contribution in [0.4, 0.5) is 0 Å². The summed E-state index contributed by atoms with van der Waals surface area (Å²) in [4.78, 5) is 0. The highest BCUT2D eigenvalue weighted by molar-refractivity contribution is 5.36. The average Bonchev–Trinajstić information content (AvgIpc) is 2.31. The first kappa shape index (κ1) is 11.3. The summed E-state index contributed by atoms with van der Waals surface area (Å²) in [6.45, 7) is 2.20. The molecule has 0 saturated heterocycles. The lowest BCUT2D eigenvalue weighted by molar-refractivity contribution is 0.303. The smallest absolute Gasteiger partial charge is 0.123 e. The number of aryl methyl sites for hydroxylation is 1. The highest BCUT2D eigenvalue weighted by Crippen LogP contribution is 2.21. The number of benzene rings is 2. The van der Waals surface area contributed by atoms with Crippen LogP contribution < -0.4 is 4.74 Å². The Morgan fingerprint density at radius 3 is 2.59 bits per heavy atom. The molecule has 0 heterocycles. The molecule has 2 N–H and O–H groups in total. The molecule has 0 aliphatic rings. The normalized spacial score (nSPS) is 10.2. The summed E-state index contributed by atoms with van der Waals surface area (Å²) in [5, 5.41) is 18.8. The van der Waals surface area contributed by atoms with Crippen LogP contribution in [0.5, 0.6) is 17.2 Å². The third kappa shape index (κ3) is 2.91. The topological polar surface area (TPSA) is 49.7 Å². The minimum Gasteiger partial charge on any atom is -0.508 e. The molecule has 0 aliphatic heterocycles. The Balaban J connectivity index is 2.05. The van der Waals surface area contributed by atoms with Crippen molar-refractivity contribution >= 4 is 0 Å². The van der Waals surface area contributed by atoms with Crippen molar-refractivity contribution in [2.24, 2.45) is 0 Å². The molecule has 0 saturated carbocycles. The van der Waals surface area contributed by atoms with E-state index in [0.717, 1.165) is 11.1 Å². The van der Waals surface area contributed by atoms with E-state index in [1.807, 2.05) is 19.1 Å². The van der Waals surface area contributed by atoms with Crippen molar-refractivity contribution in [3.05, 3.63) is 53.6 Å². The van der Waals surface area contributed by atoms with E-state index in [1.165, 1.54) is 0 Å². The predicted octanol–water partition coefficient (Wildman–Crippen LogP) is 2.99. The molecule has 17 heavy (non-hydrogen) atoms. The van der Waals surface area contributed by atoms with Gasteiger partial charge in [-0.3, -0.25) is 0 Å². The molecule has 0 aromatic heterocycles. The van der Waals surface area contributed by atoms with Crippen LogP contribution in [-0.2, 0) is 6.61 Å². The van der Waals surface area contributed by atoms with Crippen LogP contribution in [0.3, 0.4) is 0 Å².